The Hall–Kier alpha value is -1.10. The Bertz CT molecular complexity index is 594. The van der Waals surface area contributed by atoms with Crippen LogP contribution < -0.4 is 11.1 Å². The second-order valence-corrected chi connectivity index (χ2v) is 11.7. The van der Waals surface area contributed by atoms with Gasteiger partial charge in [-0.1, -0.05) is 19.8 Å². The summed E-state index contributed by atoms with van der Waals surface area (Å²) >= 11 is 0. The van der Waals surface area contributed by atoms with Gasteiger partial charge in [-0.05, 0) is 102 Å². The van der Waals surface area contributed by atoms with E-state index >= 15 is 0 Å². The molecule has 4 fully saturated rings. The van der Waals surface area contributed by atoms with Gasteiger partial charge in [0.1, 0.15) is 0 Å². The van der Waals surface area contributed by atoms with E-state index in [1.807, 2.05) is 20.8 Å². The van der Waals surface area contributed by atoms with Gasteiger partial charge >= 0.3 is 0 Å². The van der Waals surface area contributed by atoms with Gasteiger partial charge in [-0.25, -0.2) is 0 Å². The molecule has 3 aliphatic carbocycles. The van der Waals surface area contributed by atoms with Crippen molar-refractivity contribution in [1.29, 1.82) is 0 Å². The number of likely N-dealkylation sites (tertiary alicyclic amines) is 1. The number of rotatable bonds is 3. The van der Waals surface area contributed by atoms with Crippen molar-refractivity contribution in [2.45, 2.75) is 97.4 Å². The quantitative estimate of drug-likeness (QED) is 0.749. The number of amides is 2. The molecule has 4 rings (SSSR count). The summed E-state index contributed by atoms with van der Waals surface area (Å²) < 4.78 is 0. The molecular weight excluding hydrogens is 362 g/mol. The first kappa shape index (κ1) is 22.6. The van der Waals surface area contributed by atoms with Crippen molar-refractivity contribution in [1.82, 2.24) is 10.2 Å². The minimum absolute atomic E-state index is 0.0382. The molecule has 5 nitrogen and oxygen atoms in total. The lowest BCUT2D eigenvalue weighted by Crippen LogP contribution is -2.47. The molecule has 3 unspecified atom stereocenters. The fraction of sp³-hybridized carbons (Fsp3) is 0.917. The summed E-state index contributed by atoms with van der Waals surface area (Å²) in [5, 5.41) is 3.02. The van der Waals surface area contributed by atoms with E-state index < -0.39 is 0 Å². The number of carbonyl (C=O) groups excluding carboxylic acids is 2. The van der Waals surface area contributed by atoms with Crippen LogP contribution in [0.5, 0.6) is 0 Å². The molecule has 1 saturated heterocycles. The molecule has 1 heterocycles. The number of carbonyl (C=O) groups is 2. The topological polar surface area (TPSA) is 75.4 Å². The van der Waals surface area contributed by atoms with E-state index in [4.69, 9.17) is 5.73 Å². The molecule has 3 saturated carbocycles. The average Bonchev–Trinajstić information content (AvgIpc) is 3.35. The van der Waals surface area contributed by atoms with Crippen molar-refractivity contribution >= 4 is 11.8 Å². The summed E-state index contributed by atoms with van der Waals surface area (Å²) in [6, 6.07) is 0. The number of fused-ring (bicyclic) bond motifs is 2. The summed E-state index contributed by atoms with van der Waals surface area (Å²) in [4.78, 5) is 25.5. The fourth-order valence-electron chi connectivity index (χ4n) is 6.04. The van der Waals surface area contributed by atoms with Crippen LogP contribution in [0.15, 0.2) is 0 Å². The summed E-state index contributed by atoms with van der Waals surface area (Å²) in [5.41, 5.74) is 6.02. The molecule has 0 radical (unpaired) electrons. The van der Waals surface area contributed by atoms with Crippen molar-refractivity contribution in [3.8, 4) is 0 Å². The molecule has 0 aromatic heterocycles. The molecule has 166 valence electrons. The largest absolute Gasteiger partial charge is 0.369 e. The van der Waals surface area contributed by atoms with E-state index in [1.165, 1.54) is 44.9 Å². The zero-order valence-electron chi connectivity index (χ0n) is 19.2. The first-order chi connectivity index (χ1) is 13.5. The maximum Gasteiger partial charge on any atom is 0.234 e. The van der Waals surface area contributed by atoms with Crippen molar-refractivity contribution in [2.24, 2.45) is 28.4 Å². The van der Waals surface area contributed by atoms with Crippen molar-refractivity contribution in [3.05, 3.63) is 0 Å². The Morgan fingerprint density at radius 1 is 1.07 bits per heavy atom. The molecule has 4 aliphatic rings. The molecule has 3 N–H and O–H groups in total. The van der Waals surface area contributed by atoms with E-state index in [0.29, 0.717) is 17.9 Å². The highest BCUT2D eigenvalue weighted by atomic mass is 16.2. The van der Waals surface area contributed by atoms with Gasteiger partial charge in [-0.2, -0.15) is 0 Å². The standard InChI is InChI=1S/C13H24N2O.C11H19NO/c1-12(2,3)14-11(16)10-15-8-6-13(4-5-13)7-9-15;1-8-5-9-3-2-4-11(6-8,7-9)10(12)13/h4-10H2,1-3H3,(H,14,16);8-9H,2-7H2,1H3,(H2,12,13). The predicted octanol–water partition coefficient (Wildman–Crippen LogP) is 3.86. The van der Waals surface area contributed by atoms with Crippen LogP contribution in [0.25, 0.3) is 0 Å². The second-order valence-electron chi connectivity index (χ2n) is 11.7. The average molecular weight is 406 g/mol. The number of piperidine rings is 1. The minimum Gasteiger partial charge on any atom is -0.369 e. The van der Waals surface area contributed by atoms with E-state index in [0.717, 1.165) is 38.3 Å². The Labute approximate surface area is 177 Å². The molecule has 3 atom stereocenters. The molecule has 2 bridgehead atoms. The molecule has 0 aromatic rings. The van der Waals surface area contributed by atoms with Gasteiger partial charge < -0.3 is 11.1 Å². The summed E-state index contributed by atoms with van der Waals surface area (Å²) in [6.07, 6.45) is 12.5. The van der Waals surface area contributed by atoms with E-state index in [-0.39, 0.29) is 22.8 Å². The van der Waals surface area contributed by atoms with Crippen LogP contribution in [0.4, 0.5) is 0 Å². The van der Waals surface area contributed by atoms with Gasteiger partial charge in [0.15, 0.2) is 0 Å². The molecule has 5 heteroatoms. The summed E-state index contributed by atoms with van der Waals surface area (Å²) in [5.74, 6) is 1.61. The van der Waals surface area contributed by atoms with Crippen LogP contribution >= 0.6 is 0 Å². The van der Waals surface area contributed by atoms with Crippen molar-refractivity contribution in [2.75, 3.05) is 19.6 Å². The predicted molar refractivity (Wildman–Crippen MR) is 117 cm³/mol. The first-order valence-corrected chi connectivity index (χ1v) is 11.8. The fourth-order valence-corrected chi connectivity index (χ4v) is 6.04. The van der Waals surface area contributed by atoms with Gasteiger partial charge in [-0.15, -0.1) is 0 Å². The van der Waals surface area contributed by atoms with E-state index in [2.05, 4.69) is 17.1 Å². The van der Waals surface area contributed by atoms with Gasteiger partial charge in [0.25, 0.3) is 0 Å². The number of hydrogen-bond acceptors (Lipinski definition) is 3. The lowest BCUT2D eigenvalue weighted by Gasteiger charge is -2.45. The zero-order chi connectivity index (χ0) is 21.3. The van der Waals surface area contributed by atoms with Gasteiger partial charge in [0.05, 0.1) is 6.54 Å². The first-order valence-electron chi connectivity index (χ1n) is 11.8. The molecule has 1 aliphatic heterocycles. The Morgan fingerprint density at radius 2 is 1.72 bits per heavy atom. The third-order valence-corrected chi connectivity index (χ3v) is 7.70. The Morgan fingerprint density at radius 3 is 2.28 bits per heavy atom. The highest BCUT2D eigenvalue weighted by Crippen LogP contribution is 2.53. The monoisotopic (exact) mass is 405 g/mol. The Kier molecular flexibility index (Phi) is 6.67. The molecular formula is C24H43N3O2. The smallest absolute Gasteiger partial charge is 0.234 e. The molecule has 2 amide bonds. The number of nitrogens with zero attached hydrogens (tertiary/aromatic N) is 1. The van der Waals surface area contributed by atoms with Crippen LogP contribution in [0.1, 0.15) is 91.9 Å². The number of nitrogens with one attached hydrogen (secondary N) is 1. The third kappa shape index (κ3) is 6.19. The lowest BCUT2D eigenvalue weighted by atomic mass is 9.59. The maximum absolute atomic E-state index is 11.8. The maximum atomic E-state index is 11.8. The highest BCUT2D eigenvalue weighted by molar-refractivity contribution is 5.81. The van der Waals surface area contributed by atoms with Gasteiger partial charge in [0, 0.05) is 11.0 Å². The van der Waals surface area contributed by atoms with Crippen LogP contribution in [-0.2, 0) is 9.59 Å². The minimum atomic E-state index is -0.111. The highest BCUT2D eigenvalue weighted by Gasteiger charge is 2.46. The molecule has 29 heavy (non-hydrogen) atoms. The second kappa shape index (κ2) is 8.56. The van der Waals surface area contributed by atoms with Gasteiger partial charge in [0.2, 0.25) is 11.8 Å². The summed E-state index contributed by atoms with van der Waals surface area (Å²) in [6.45, 7) is 11.1. The van der Waals surface area contributed by atoms with Crippen LogP contribution in [0.2, 0.25) is 0 Å². The molecule has 1 spiro atoms. The number of nitrogens with two attached hydrogens (primary N) is 1. The lowest BCUT2D eigenvalue weighted by molar-refractivity contribution is -0.134. The molecule has 0 aromatic carbocycles. The van der Waals surface area contributed by atoms with Crippen molar-refractivity contribution < 1.29 is 9.59 Å². The van der Waals surface area contributed by atoms with E-state index in [9.17, 15) is 9.59 Å². The zero-order valence-corrected chi connectivity index (χ0v) is 19.2. The van der Waals surface area contributed by atoms with Crippen LogP contribution in [0, 0.1) is 22.7 Å². The Balaban J connectivity index is 0.000000169. The van der Waals surface area contributed by atoms with Gasteiger partial charge in [-0.3, -0.25) is 14.5 Å². The number of hydrogen-bond donors (Lipinski definition) is 2. The van der Waals surface area contributed by atoms with Crippen LogP contribution in [-0.4, -0.2) is 41.9 Å². The number of primary amides is 1. The van der Waals surface area contributed by atoms with Crippen LogP contribution in [0.3, 0.4) is 0 Å². The summed E-state index contributed by atoms with van der Waals surface area (Å²) in [7, 11) is 0. The normalized spacial score (nSPS) is 33.4. The van der Waals surface area contributed by atoms with E-state index in [1.54, 1.807) is 0 Å². The SMILES string of the molecule is CC(C)(C)NC(=O)CN1CCC2(CC1)CC2.CC1CC2CCCC(C(N)=O)(C1)C2. The third-order valence-electron chi connectivity index (χ3n) is 7.70. The van der Waals surface area contributed by atoms with Crippen molar-refractivity contribution in [3.63, 3.8) is 0 Å².